The summed E-state index contributed by atoms with van der Waals surface area (Å²) < 4.78 is 9.18. The first kappa shape index (κ1) is 21.5. The standard InChI is InChI=1S/C20H23N7O5S/c1-24-16-15(18(30)25(2)20(24)31)27(10-21-16)9-14(28)26-6-5-11-13(8-26)33-19(22-11)23-17(29)12-4-3-7-32-12/h10,12H,3-9H2,1-2H3,(H,22,23,29). The van der Waals surface area contributed by atoms with E-state index in [-0.39, 0.29) is 29.5 Å². The lowest BCUT2D eigenvalue weighted by molar-refractivity contribution is -0.132. The van der Waals surface area contributed by atoms with Gasteiger partial charge in [-0.05, 0) is 12.8 Å². The number of rotatable bonds is 4. The Morgan fingerprint density at radius 1 is 1.27 bits per heavy atom. The molecule has 5 heterocycles. The van der Waals surface area contributed by atoms with Crippen molar-refractivity contribution >= 4 is 39.4 Å². The normalized spacial score (nSPS) is 18.0. The molecule has 0 bridgehead atoms. The van der Waals surface area contributed by atoms with E-state index in [9.17, 15) is 19.2 Å². The van der Waals surface area contributed by atoms with Gasteiger partial charge in [0.25, 0.3) is 11.5 Å². The summed E-state index contributed by atoms with van der Waals surface area (Å²) in [6.45, 7) is 1.39. The monoisotopic (exact) mass is 473 g/mol. The molecule has 1 unspecified atom stereocenters. The van der Waals surface area contributed by atoms with Gasteiger partial charge in [-0.3, -0.25) is 28.8 Å². The Kier molecular flexibility index (Phi) is 5.37. The van der Waals surface area contributed by atoms with Gasteiger partial charge in [0.15, 0.2) is 16.3 Å². The molecule has 174 valence electrons. The van der Waals surface area contributed by atoms with Crippen LogP contribution in [0.5, 0.6) is 0 Å². The average molecular weight is 474 g/mol. The number of imidazole rings is 1. The number of aromatic nitrogens is 5. The molecular weight excluding hydrogens is 450 g/mol. The van der Waals surface area contributed by atoms with E-state index < -0.39 is 17.4 Å². The largest absolute Gasteiger partial charge is 0.368 e. The van der Waals surface area contributed by atoms with Crippen molar-refractivity contribution in [1.29, 1.82) is 0 Å². The van der Waals surface area contributed by atoms with E-state index in [1.165, 1.54) is 40.9 Å². The van der Waals surface area contributed by atoms with Gasteiger partial charge in [0.1, 0.15) is 12.6 Å². The van der Waals surface area contributed by atoms with Gasteiger partial charge in [-0.25, -0.2) is 14.8 Å². The minimum Gasteiger partial charge on any atom is -0.368 e. The van der Waals surface area contributed by atoms with Crippen molar-refractivity contribution in [3.8, 4) is 0 Å². The zero-order chi connectivity index (χ0) is 23.3. The third kappa shape index (κ3) is 3.76. The lowest BCUT2D eigenvalue weighted by Crippen LogP contribution is -2.39. The van der Waals surface area contributed by atoms with Crippen molar-refractivity contribution in [2.24, 2.45) is 14.1 Å². The second kappa shape index (κ2) is 8.23. The molecule has 12 nitrogen and oxygen atoms in total. The summed E-state index contributed by atoms with van der Waals surface area (Å²) in [5.74, 6) is -0.358. The Balaban J connectivity index is 1.31. The van der Waals surface area contributed by atoms with Gasteiger partial charge in [0, 0.05) is 38.5 Å². The van der Waals surface area contributed by atoms with Crippen LogP contribution in [0, 0.1) is 0 Å². The van der Waals surface area contributed by atoms with Gasteiger partial charge in [0.05, 0.1) is 18.6 Å². The third-order valence-corrected chi connectivity index (χ3v) is 7.06. The molecule has 1 N–H and O–H groups in total. The van der Waals surface area contributed by atoms with Crippen LogP contribution >= 0.6 is 11.3 Å². The molecular formula is C20H23N7O5S. The van der Waals surface area contributed by atoms with Crippen LogP contribution in [0.4, 0.5) is 5.13 Å². The molecule has 1 atom stereocenters. The van der Waals surface area contributed by atoms with Gasteiger partial charge >= 0.3 is 5.69 Å². The predicted octanol–water partition coefficient (Wildman–Crippen LogP) is -0.407. The van der Waals surface area contributed by atoms with Crippen LogP contribution in [0.2, 0.25) is 0 Å². The van der Waals surface area contributed by atoms with Crippen molar-refractivity contribution in [3.05, 3.63) is 37.7 Å². The first-order valence-corrected chi connectivity index (χ1v) is 11.4. The topological polar surface area (TPSA) is 133 Å². The summed E-state index contributed by atoms with van der Waals surface area (Å²) in [5.41, 5.74) is 0.366. The second-order valence-electron chi connectivity index (χ2n) is 8.20. The lowest BCUT2D eigenvalue weighted by atomic mass is 10.2. The maximum atomic E-state index is 13.0. The number of anilines is 1. The highest BCUT2D eigenvalue weighted by atomic mass is 32.1. The molecule has 3 aromatic rings. The van der Waals surface area contributed by atoms with Gasteiger partial charge in [-0.2, -0.15) is 0 Å². The highest BCUT2D eigenvalue weighted by molar-refractivity contribution is 7.15. The molecule has 2 amide bonds. The minimum absolute atomic E-state index is 0.0688. The van der Waals surface area contributed by atoms with Crippen LogP contribution in [0.25, 0.3) is 11.2 Å². The molecule has 33 heavy (non-hydrogen) atoms. The van der Waals surface area contributed by atoms with Crippen molar-refractivity contribution in [2.75, 3.05) is 18.5 Å². The van der Waals surface area contributed by atoms with E-state index in [1.807, 2.05) is 0 Å². The fourth-order valence-corrected chi connectivity index (χ4v) is 5.22. The highest BCUT2D eigenvalue weighted by Gasteiger charge is 2.28. The Labute approximate surface area is 191 Å². The first-order valence-electron chi connectivity index (χ1n) is 10.6. The number of hydrogen-bond donors (Lipinski definition) is 1. The molecule has 1 fully saturated rings. The number of hydrogen-bond acceptors (Lipinski definition) is 8. The molecule has 0 aliphatic carbocycles. The van der Waals surface area contributed by atoms with Crippen molar-refractivity contribution < 1.29 is 14.3 Å². The number of ether oxygens (including phenoxy) is 1. The number of carbonyl (C=O) groups excluding carboxylic acids is 2. The summed E-state index contributed by atoms with van der Waals surface area (Å²) >= 11 is 1.36. The SMILES string of the molecule is Cn1c(=O)c2c(ncn2CC(=O)N2CCc3nc(NC(=O)C4CCCO4)sc3C2)n(C)c1=O. The molecule has 2 aliphatic rings. The third-order valence-electron chi connectivity index (χ3n) is 6.06. The van der Waals surface area contributed by atoms with Crippen molar-refractivity contribution in [1.82, 2.24) is 28.6 Å². The van der Waals surface area contributed by atoms with Crippen LogP contribution in [0.3, 0.4) is 0 Å². The van der Waals surface area contributed by atoms with Gasteiger partial charge < -0.3 is 14.2 Å². The molecule has 0 spiro atoms. The Bertz CT molecular complexity index is 1380. The Hall–Kier alpha value is -3.32. The number of fused-ring (bicyclic) bond motifs is 2. The smallest absolute Gasteiger partial charge is 0.332 e. The number of thiazole rings is 1. The van der Waals surface area contributed by atoms with E-state index in [2.05, 4.69) is 15.3 Å². The fraction of sp³-hybridized carbons (Fsp3) is 0.500. The maximum absolute atomic E-state index is 13.0. The summed E-state index contributed by atoms with van der Waals surface area (Å²) in [4.78, 5) is 61.3. The van der Waals surface area contributed by atoms with Gasteiger partial charge in [0.2, 0.25) is 5.91 Å². The summed E-state index contributed by atoms with van der Waals surface area (Å²) in [6, 6.07) is 0. The quantitative estimate of drug-likeness (QED) is 0.545. The molecule has 2 aliphatic heterocycles. The molecule has 0 saturated carbocycles. The number of amides is 2. The van der Waals surface area contributed by atoms with E-state index in [1.54, 1.807) is 4.90 Å². The first-order chi connectivity index (χ1) is 15.8. The van der Waals surface area contributed by atoms with E-state index in [0.29, 0.717) is 37.7 Å². The second-order valence-corrected chi connectivity index (χ2v) is 9.28. The molecule has 0 aromatic carbocycles. The van der Waals surface area contributed by atoms with Crippen LogP contribution in [-0.4, -0.2) is 59.6 Å². The van der Waals surface area contributed by atoms with Crippen molar-refractivity contribution in [2.45, 2.75) is 38.5 Å². The number of nitrogens with one attached hydrogen (secondary N) is 1. The van der Waals surface area contributed by atoms with E-state index in [4.69, 9.17) is 4.74 Å². The predicted molar refractivity (Wildman–Crippen MR) is 119 cm³/mol. The summed E-state index contributed by atoms with van der Waals surface area (Å²) in [7, 11) is 2.93. The lowest BCUT2D eigenvalue weighted by Gasteiger charge is -2.26. The molecule has 13 heteroatoms. The number of nitrogens with zero attached hydrogens (tertiary/aromatic N) is 6. The van der Waals surface area contributed by atoms with Gasteiger partial charge in [-0.1, -0.05) is 11.3 Å². The number of aryl methyl sites for hydroxylation is 1. The summed E-state index contributed by atoms with van der Waals surface area (Å²) in [6.07, 6.45) is 3.14. The van der Waals surface area contributed by atoms with Crippen LogP contribution in [-0.2, 0) is 47.9 Å². The fourth-order valence-electron chi connectivity index (χ4n) is 4.19. The Morgan fingerprint density at radius 2 is 2.09 bits per heavy atom. The molecule has 0 radical (unpaired) electrons. The average Bonchev–Trinajstić information content (AvgIpc) is 3.55. The van der Waals surface area contributed by atoms with Crippen LogP contribution < -0.4 is 16.6 Å². The zero-order valence-electron chi connectivity index (χ0n) is 18.2. The van der Waals surface area contributed by atoms with Crippen LogP contribution in [0.1, 0.15) is 23.4 Å². The van der Waals surface area contributed by atoms with Crippen LogP contribution in [0.15, 0.2) is 15.9 Å². The highest BCUT2D eigenvalue weighted by Crippen LogP contribution is 2.29. The summed E-state index contributed by atoms with van der Waals surface area (Å²) in [5, 5.41) is 3.34. The zero-order valence-corrected chi connectivity index (χ0v) is 19.1. The molecule has 5 rings (SSSR count). The van der Waals surface area contributed by atoms with E-state index in [0.717, 1.165) is 21.6 Å². The number of carbonyl (C=O) groups is 2. The van der Waals surface area contributed by atoms with E-state index >= 15 is 0 Å². The van der Waals surface area contributed by atoms with Crippen molar-refractivity contribution in [3.63, 3.8) is 0 Å². The maximum Gasteiger partial charge on any atom is 0.332 e. The molecule has 3 aromatic heterocycles. The molecule has 1 saturated heterocycles. The minimum atomic E-state index is -0.492. The Morgan fingerprint density at radius 3 is 2.85 bits per heavy atom. The van der Waals surface area contributed by atoms with Gasteiger partial charge in [-0.15, -0.1) is 0 Å².